The van der Waals surface area contributed by atoms with Crippen molar-refractivity contribution in [3.63, 3.8) is 0 Å². The lowest BCUT2D eigenvalue weighted by Crippen LogP contribution is -2.21. The van der Waals surface area contributed by atoms with Crippen LogP contribution in [-0.2, 0) is 6.54 Å². The Labute approximate surface area is 143 Å². The number of hydrogen-bond acceptors (Lipinski definition) is 4. The van der Waals surface area contributed by atoms with Crippen LogP contribution in [0.5, 0.6) is 0 Å². The van der Waals surface area contributed by atoms with Gasteiger partial charge in [-0.15, -0.1) is 0 Å². The Bertz CT molecular complexity index is 1240. The van der Waals surface area contributed by atoms with Crippen LogP contribution >= 0.6 is 0 Å². The summed E-state index contributed by atoms with van der Waals surface area (Å²) in [4.78, 5) is 28.9. The Hall–Kier alpha value is -3.21. The number of aryl methyl sites for hydroxylation is 2. The van der Waals surface area contributed by atoms with E-state index in [1.807, 2.05) is 38.1 Å². The van der Waals surface area contributed by atoms with Gasteiger partial charge in [-0.3, -0.25) is 9.36 Å². The molecule has 4 rings (SSSR count). The Morgan fingerprint density at radius 1 is 1.00 bits per heavy atom. The molecule has 25 heavy (non-hydrogen) atoms. The lowest BCUT2D eigenvalue weighted by Gasteiger charge is -2.10. The van der Waals surface area contributed by atoms with Gasteiger partial charge in [0, 0.05) is 11.5 Å². The summed E-state index contributed by atoms with van der Waals surface area (Å²) in [5.41, 5.74) is 3.54. The summed E-state index contributed by atoms with van der Waals surface area (Å²) in [6.45, 7) is 4.24. The third-order valence-electron chi connectivity index (χ3n) is 4.52. The summed E-state index contributed by atoms with van der Waals surface area (Å²) in [5, 5.41) is 1.40. The fraction of sp³-hybridized carbons (Fsp3) is 0.150. The SMILES string of the molecule is Cc1cc2oc(=O)cc(Cn3cnc4ccccc4c3=O)c2cc1C. The fourth-order valence-corrected chi connectivity index (χ4v) is 3.02. The normalized spacial score (nSPS) is 11.3. The molecule has 0 saturated heterocycles. The third-order valence-corrected chi connectivity index (χ3v) is 4.52. The average molecular weight is 332 g/mol. The topological polar surface area (TPSA) is 65.1 Å². The molecule has 0 aliphatic heterocycles. The summed E-state index contributed by atoms with van der Waals surface area (Å²) in [5.74, 6) is 0. The van der Waals surface area contributed by atoms with Crippen LogP contribution in [0, 0.1) is 13.8 Å². The molecule has 0 N–H and O–H groups in total. The highest BCUT2D eigenvalue weighted by molar-refractivity contribution is 5.82. The van der Waals surface area contributed by atoms with Crippen molar-refractivity contribution < 1.29 is 4.42 Å². The number of para-hydroxylation sites is 1. The Morgan fingerprint density at radius 2 is 1.76 bits per heavy atom. The first-order valence-corrected chi connectivity index (χ1v) is 8.01. The molecule has 0 saturated carbocycles. The largest absolute Gasteiger partial charge is 0.423 e. The van der Waals surface area contributed by atoms with Gasteiger partial charge in [-0.25, -0.2) is 9.78 Å². The lowest BCUT2D eigenvalue weighted by molar-refractivity contribution is 0.557. The van der Waals surface area contributed by atoms with E-state index in [1.54, 1.807) is 12.1 Å². The van der Waals surface area contributed by atoms with Crippen molar-refractivity contribution in [1.29, 1.82) is 0 Å². The summed E-state index contributed by atoms with van der Waals surface area (Å²) >= 11 is 0. The second-order valence-corrected chi connectivity index (χ2v) is 6.22. The maximum absolute atomic E-state index is 12.7. The summed E-state index contributed by atoms with van der Waals surface area (Å²) < 4.78 is 6.84. The van der Waals surface area contributed by atoms with Crippen molar-refractivity contribution >= 4 is 21.9 Å². The second kappa shape index (κ2) is 5.70. The molecule has 2 heterocycles. The molecule has 0 unspecified atom stereocenters. The average Bonchev–Trinajstić information content (AvgIpc) is 2.59. The van der Waals surface area contributed by atoms with Crippen LogP contribution in [0.2, 0.25) is 0 Å². The highest BCUT2D eigenvalue weighted by atomic mass is 16.4. The highest BCUT2D eigenvalue weighted by Gasteiger charge is 2.10. The van der Waals surface area contributed by atoms with Crippen LogP contribution in [-0.4, -0.2) is 9.55 Å². The molecule has 0 spiro atoms. The van der Waals surface area contributed by atoms with Crippen molar-refractivity contribution in [2.75, 3.05) is 0 Å². The summed E-state index contributed by atoms with van der Waals surface area (Å²) in [7, 11) is 0. The zero-order chi connectivity index (χ0) is 17.6. The maximum atomic E-state index is 12.7. The van der Waals surface area contributed by atoms with E-state index in [-0.39, 0.29) is 12.1 Å². The minimum atomic E-state index is -0.424. The monoisotopic (exact) mass is 332 g/mol. The number of rotatable bonds is 2. The van der Waals surface area contributed by atoms with E-state index in [0.717, 1.165) is 22.1 Å². The van der Waals surface area contributed by atoms with Gasteiger partial charge < -0.3 is 4.42 Å². The summed E-state index contributed by atoms with van der Waals surface area (Å²) in [6.07, 6.45) is 1.52. The van der Waals surface area contributed by atoms with Crippen molar-refractivity contribution in [3.8, 4) is 0 Å². The number of fused-ring (bicyclic) bond motifs is 2. The van der Waals surface area contributed by atoms with Gasteiger partial charge in [0.1, 0.15) is 5.58 Å². The Morgan fingerprint density at radius 3 is 2.60 bits per heavy atom. The van der Waals surface area contributed by atoms with Gasteiger partial charge in [0.2, 0.25) is 0 Å². The summed E-state index contributed by atoms with van der Waals surface area (Å²) in [6, 6.07) is 12.5. The standard InChI is InChI=1S/C20H16N2O3/c1-12-7-16-14(9-19(23)25-18(16)8-13(12)2)10-22-11-21-17-6-4-3-5-15(17)20(22)24/h3-9,11H,10H2,1-2H3. The van der Waals surface area contributed by atoms with Crippen LogP contribution in [0.1, 0.15) is 16.7 Å². The van der Waals surface area contributed by atoms with E-state index in [2.05, 4.69) is 4.98 Å². The molecule has 5 nitrogen and oxygen atoms in total. The zero-order valence-electron chi connectivity index (χ0n) is 13.9. The molecule has 4 aromatic rings. The van der Waals surface area contributed by atoms with Gasteiger partial charge in [0.05, 0.1) is 23.8 Å². The van der Waals surface area contributed by atoms with Crippen molar-refractivity contribution in [3.05, 3.63) is 86.3 Å². The molecule has 124 valence electrons. The molecule has 0 atom stereocenters. The Kier molecular flexibility index (Phi) is 3.50. The van der Waals surface area contributed by atoms with E-state index in [0.29, 0.717) is 16.5 Å². The molecule has 2 aromatic heterocycles. The first-order chi connectivity index (χ1) is 12.0. The first kappa shape index (κ1) is 15.3. The predicted octanol–water partition coefficient (Wildman–Crippen LogP) is 3.17. The second-order valence-electron chi connectivity index (χ2n) is 6.22. The molecule has 0 radical (unpaired) electrons. The molecular formula is C20H16N2O3. The van der Waals surface area contributed by atoms with Gasteiger partial charge in [-0.1, -0.05) is 12.1 Å². The predicted molar refractivity (Wildman–Crippen MR) is 97.1 cm³/mol. The van der Waals surface area contributed by atoms with Crippen LogP contribution in [0.4, 0.5) is 0 Å². The molecule has 0 amide bonds. The number of aromatic nitrogens is 2. The van der Waals surface area contributed by atoms with Crippen LogP contribution < -0.4 is 11.2 Å². The van der Waals surface area contributed by atoms with Gasteiger partial charge in [-0.05, 0) is 54.8 Å². The van der Waals surface area contributed by atoms with Gasteiger partial charge in [-0.2, -0.15) is 0 Å². The van der Waals surface area contributed by atoms with Crippen LogP contribution in [0.25, 0.3) is 21.9 Å². The molecule has 5 heteroatoms. The van der Waals surface area contributed by atoms with Crippen LogP contribution in [0.15, 0.2) is 62.8 Å². The van der Waals surface area contributed by atoms with Gasteiger partial charge >= 0.3 is 5.63 Å². The maximum Gasteiger partial charge on any atom is 0.336 e. The lowest BCUT2D eigenvalue weighted by atomic mass is 10.0. The van der Waals surface area contributed by atoms with Crippen LogP contribution in [0.3, 0.4) is 0 Å². The zero-order valence-corrected chi connectivity index (χ0v) is 13.9. The van der Waals surface area contributed by atoms with Crippen molar-refractivity contribution in [2.45, 2.75) is 20.4 Å². The molecule has 2 aromatic carbocycles. The first-order valence-electron chi connectivity index (χ1n) is 8.01. The minimum absolute atomic E-state index is 0.129. The number of hydrogen-bond donors (Lipinski definition) is 0. The number of nitrogens with zero attached hydrogens (tertiary/aromatic N) is 2. The van der Waals surface area contributed by atoms with Crippen molar-refractivity contribution in [1.82, 2.24) is 9.55 Å². The van der Waals surface area contributed by atoms with E-state index in [9.17, 15) is 9.59 Å². The van der Waals surface area contributed by atoms with E-state index >= 15 is 0 Å². The van der Waals surface area contributed by atoms with Gasteiger partial charge in [0.25, 0.3) is 5.56 Å². The van der Waals surface area contributed by atoms with Gasteiger partial charge in [0.15, 0.2) is 0 Å². The fourth-order valence-electron chi connectivity index (χ4n) is 3.02. The van der Waals surface area contributed by atoms with Crippen molar-refractivity contribution in [2.24, 2.45) is 0 Å². The van der Waals surface area contributed by atoms with E-state index in [4.69, 9.17) is 4.42 Å². The van der Waals surface area contributed by atoms with E-state index in [1.165, 1.54) is 17.0 Å². The molecule has 0 aliphatic rings. The molecule has 0 fully saturated rings. The quantitative estimate of drug-likeness (QED) is 0.529. The third kappa shape index (κ3) is 2.63. The molecular weight excluding hydrogens is 316 g/mol. The smallest absolute Gasteiger partial charge is 0.336 e. The Balaban J connectivity index is 1.92. The molecule has 0 aliphatic carbocycles. The minimum Gasteiger partial charge on any atom is -0.423 e. The highest BCUT2D eigenvalue weighted by Crippen LogP contribution is 2.22. The van der Waals surface area contributed by atoms with E-state index < -0.39 is 5.63 Å². The molecule has 0 bridgehead atoms. The number of benzene rings is 2.